The average molecular weight is 565 g/mol. The van der Waals surface area contributed by atoms with E-state index in [9.17, 15) is 10.2 Å². The van der Waals surface area contributed by atoms with Crippen LogP contribution in [0.5, 0.6) is 17.2 Å². The van der Waals surface area contributed by atoms with Crippen LogP contribution in [0.4, 0.5) is 0 Å². The summed E-state index contributed by atoms with van der Waals surface area (Å²) in [5.74, 6) is 1.52. The van der Waals surface area contributed by atoms with E-state index < -0.39 is 12.2 Å². The van der Waals surface area contributed by atoms with Crippen molar-refractivity contribution < 1.29 is 14.7 Å². The second kappa shape index (κ2) is 14.4. The molecule has 0 saturated heterocycles. The van der Waals surface area contributed by atoms with Crippen LogP contribution in [-0.2, 0) is 5.41 Å². The minimum atomic E-state index is -2.43. The van der Waals surface area contributed by atoms with Crippen LogP contribution in [0.2, 0.25) is 0 Å². The molecule has 0 fully saturated rings. The number of phenolic OH excluding ortho intramolecular Hbond substituents is 2. The maximum absolute atomic E-state index is 9.97. The summed E-state index contributed by atoms with van der Waals surface area (Å²) in [5, 5.41) is 19.9. The summed E-state index contributed by atoms with van der Waals surface area (Å²) in [7, 11) is 0. The summed E-state index contributed by atoms with van der Waals surface area (Å²) in [6, 6.07) is 23.8. The first-order valence-corrected chi connectivity index (χ1v) is 18.5. The zero-order chi connectivity index (χ0) is 29.1. The molecule has 3 nitrogen and oxygen atoms in total. The molecule has 0 bridgehead atoms. The monoisotopic (exact) mass is 564 g/mol. The van der Waals surface area contributed by atoms with Gasteiger partial charge in [0.05, 0.1) is 0 Å². The van der Waals surface area contributed by atoms with E-state index >= 15 is 0 Å². The second-order valence-corrected chi connectivity index (χ2v) is 17.7. The van der Waals surface area contributed by atoms with Gasteiger partial charge in [0, 0.05) is 0 Å². The Morgan fingerprint density at radius 3 is 1.12 bits per heavy atom. The molecule has 220 valence electrons. The van der Waals surface area contributed by atoms with Gasteiger partial charge < -0.3 is 0 Å². The van der Waals surface area contributed by atoms with Gasteiger partial charge in [-0.2, -0.15) is 0 Å². The quantitative estimate of drug-likeness (QED) is 0.127. The number of unbranched alkanes of at least 4 members (excludes halogenated alkanes) is 4. The van der Waals surface area contributed by atoms with E-state index in [1.165, 1.54) is 76.0 Å². The van der Waals surface area contributed by atoms with Gasteiger partial charge in [0.15, 0.2) is 0 Å². The van der Waals surface area contributed by atoms with Gasteiger partial charge in [-0.05, 0) is 0 Å². The van der Waals surface area contributed by atoms with Gasteiger partial charge in [-0.3, -0.25) is 0 Å². The SMILES string of the molecule is CCCCP(CCCC)(CCCC)(CCCC)Oc1ccc(C(C)(c2ccc(O)cc2)c2ccc(O)cc2)cc1. The Labute approximate surface area is 244 Å². The van der Waals surface area contributed by atoms with E-state index in [4.69, 9.17) is 4.52 Å². The van der Waals surface area contributed by atoms with Crippen molar-refractivity contribution in [1.29, 1.82) is 0 Å². The van der Waals surface area contributed by atoms with Crippen LogP contribution >= 0.6 is 6.83 Å². The minimum absolute atomic E-state index is 0.255. The summed E-state index contributed by atoms with van der Waals surface area (Å²) in [6.07, 6.45) is 14.8. The zero-order valence-electron chi connectivity index (χ0n) is 25.7. The Balaban J connectivity index is 2.08. The van der Waals surface area contributed by atoms with Crippen molar-refractivity contribution in [2.45, 2.75) is 91.4 Å². The Morgan fingerprint density at radius 1 is 0.525 bits per heavy atom. The van der Waals surface area contributed by atoms with Crippen LogP contribution in [0.15, 0.2) is 72.8 Å². The molecular weight excluding hydrogens is 511 g/mol. The molecule has 0 amide bonds. The summed E-state index contributed by atoms with van der Waals surface area (Å²) >= 11 is 0. The van der Waals surface area contributed by atoms with Crippen molar-refractivity contribution in [3.05, 3.63) is 89.5 Å². The van der Waals surface area contributed by atoms with Gasteiger partial charge in [-0.25, -0.2) is 0 Å². The third-order valence-corrected chi connectivity index (χ3v) is 15.5. The van der Waals surface area contributed by atoms with Crippen molar-refractivity contribution in [2.24, 2.45) is 0 Å². The molecule has 3 aromatic carbocycles. The standard InChI is InChI=1S/C36H53O3P/c1-6-10-26-40(27-11-7-2,28-12-8-3,29-13-9-4)39-35-24-18-32(19-25-35)36(5,30-14-20-33(37)21-15-30)31-16-22-34(38)23-17-31/h14-25,37-38H,6-13,26-29H2,1-5H3. The average Bonchev–Trinajstić information content (AvgIpc) is 2.98. The van der Waals surface area contributed by atoms with E-state index in [0.29, 0.717) is 0 Å². The Bertz CT molecular complexity index is 1060. The Kier molecular flexibility index (Phi) is 11.5. The van der Waals surface area contributed by atoms with Crippen LogP contribution in [0.1, 0.15) is 103 Å². The fourth-order valence-electron chi connectivity index (χ4n) is 6.32. The van der Waals surface area contributed by atoms with Gasteiger partial charge in [0.1, 0.15) is 0 Å². The van der Waals surface area contributed by atoms with Crippen LogP contribution < -0.4 is 4.52 Å². The van der Waals surface area contributed by atoms with E-state index in [-0.39, 0.29) is 11.5 Å². The van der Waals surface area contributed by atoms with Crippen molar-refractivity contribution in [2.75, 3.05) is 24.6 Å². The molecule has 2 N–H and O–H groups in total. The van der Waals surface area contributed by atoms with Crippen molar-refractivity contribution in [1.82, 2.24) is 0 Å². The molecule has 0 unspecified atom stereocenters. The van der Waals surface area contributed by atoms with E-state index in [1.54, 1.807) is 24.3 Å². The first-order chi connectivity index (χ1) is 19.2. The van der Waals surface area contributed by atoms with Crippen molar-refractivity contribution >= 4 is 6.83 Å². The molecule has 0 saturated carbocycles. The summed E-state index contributed by atoms with van der Waals surface area (Å²) in [4.78, 5) is 0. The van der Waals surface area contributed by atoms with Gasteiger partial charge in [-0.1, -0.05) is 0 Å². The fraction of sp³-hybridized carbons (Fsp3) is 0.500. The second-order valence-electron chi connectivity index (χ2n) is 12.0. The third-order valence-electron chi connectivity index (χ3n) is 8.99. The molecular formula is C36H53O3P. The molecule has 3 aromatic rings. The van der Waals surface area contributed by atoms with E-state index in [2.05, 4.69) is 58.9 Å². The molecule has 0 aromatic heterocycles. The molecule has 0 aliphatic carbocycles. The molecule has 3 rings (SSSR count). The molecule has 0 spiro atoms. The Hall–Kier alpha value is -2.51. The topological polar surface area (TPSA) is 49.7 Å². The third kappa shape index (κ3) is 7.41. The molecule has 0 aliphatic heterocycles. The molecule has 40 heavy (non-hydrogen) atoms. The van der Waals surface area contributed by atoms with Crippen LogP contribution in [0, 0.1) is 0 Å². The van der Waals surface area contributed by atoms with E-state index in [1.807, 2.05) is 24.3 Å². The maximum atomic E-state index is 9.97. The summed E-state index contributed by atoms with van der Waals surface area (Å²) < 4.78 is 7.47. The predicted molar refractivity (Wildman–Crippen MR) is 175 cm³/mol. The van der Waals surface area contributed by atoms with Crippen LogP contribution in [-0.4, -0.2) is 34.9 Å². The van der Waals surface area contributed by atoms with Gasteiger partial charge in [0.25, 0.3) is 0 Å². The van der Waals surface area contributed by atoms with Gasteiger partial charge in [-0.15, -0.1) is 0 Å². The number of phenols is 2. The number of benzene rings is 3. The van der Waals surface area contributed by atoms with E-state index in [0.717, 1.165) is 22.4 Å². The molecule has 0 radical (unpaired) electrons. The first-order valence-electron chi connectivity index (χ1n) is 15.6. The van der Waals surface area contributed by atoms with Crippen LogP contribution in [0.25, 0.3) is 0 Å². The molecule has 4 heteroatoms. The molecule has 0 heterocycles. The number of aromatic hydroxyl groups is 2. The first kappa shape index (κ1) is 32.0. The zero-order valence-corrected chi connectivity index (χ0v) is 26.6. The molecule has 0 aliphatic rings. The summed E-state index contributed by atoms with van der Waals surface area (Å²) in [5.41, 5.74) is 2.86. The summed E-state index contributed by atoms with van der Waals surface area (Å²) in [6.45, 7) is 9.03. The van der Waals surface area contributed by atoms with Crippen molar-refractivity contribution in [3.8, 4) is 17.2 Å². The van der Waals surface area contributed by atoms with Crippen LogP contribution in [0.3, 0.4) is 0 Å². The van der Waals surface area contributed by atoms with Gasteiger partial charge in [0.2, 0.25) is 0 Å². The van der Waals surface area contributed by atoms with Crippen molar-refractivity contribution in [3.63, 3.8) is 0 Å². The predicted octanol–water partition coefficient (Wildman–Crippen LogP) is 10.5. The van der Waals surface area contributed by atoms with Gasteiger partial charge >= 0.3 is 244 Å². The Morgan fingerprint density at radius 2 is 0.825 bits per heavy atom. The number of hydrogen-bond acceptors (Lipinski definition) is 3. The number of rotatable bonds is 17. The normalized spacial score (nSPS) is 13.1. The fourth-order valence-corrected chi connectivity index (χ4v) is 13.2. The molecule has 0 atom stereocenters. The number of hydrogen-bond donors (Lipinski definition) is 2.